The quantitative estimate of drug-likeness (QED) is 0.339. The maximum atomic E-state index is 13.5. The highest BCUT2D eigenvalue weighted by molar-refractivity contribution is 8.26. The maximum absolute atomic E-state index is 13.5. The summed E-state index contributed by atoms with van der Waals surface area (Å²) in [6.07, 6.45) is 5.05. The van der Waals surface area contributed by atoms with Crippen molar-refractivity contribution in [2.75, 3.05) is 13.2 Å². The monoisotopic (exact) mass is 521 g/mol. The van der Waals surface area contributed by atoms with Crippen molar-refractivity contribution in [2.24, 2.45) is 0 Å². The molecule has 9 heteroatoms. The lowest BCUT2D eigenvalue weighted by molar-refractivity contribution is -0.123. The fourth-order valence-corrected chi connectivity index (χ4v) is 5.46. The standard InChI is InChI=1S/C27H27N3O4S2/c1-27(2,3)17-9-11-18(12-10-17)34-23-20(24(31)29-13-5-4-8-22(29)28-23)15-21-25(32)30(26(35)36-21)16-19-7-6-14-33-19/h4-5,8-13,15,19H,6-7,14,16H2,1-3H3/b21-15-/t19-/m1/s1. The van der Waals surface area contributed by atoms with Crippen molar-refractivity contribution in [3.8, 4) is 11.6 Å². The Morgan fingerprint density at radius 2 is 1.97 bits per heavy atom. The summed E-state index contributed by atoms with van der Waals surface area (Å²) in [6, 6.07) is 13.0. The third kappa shape index (κ3) is 4.96. The predicted octanol–water partition coefficient (Wildman–Crippen LogP) is 5.16. The normalized spacial score (nSPS) is 19.6. The number of amides is 1. The second kappa shape index (κ2) is 9.80. The molecule has 2 aliphatic rings. The van der Waals surface area contributed by atoms with Gasteiger partial charge in [0.2, 0.25) is 5.88 Å². The summed E-state index contributed by atoms with van der Waals surface area (Å²) in [5, 5.41) is 0. The van der Waals surface area contributed by atoms with Crippen molar-refractivity contribution in [1.82, 2.24) is 14.3 Å². The number of carbonyl (C=O) groups excluding carboxylic acids is 1. The number of nitrogens with zero attached hydrogens (tertiary/aromatic N) is 3. The van der Waals surface area contributed by atoms with Gasteiger partial charge in [0.15, 0.2) is 0 Å². The third-order valence-corrected chi connectivity index (χ3v) is 7.61. The van der Waals surface area contributed by atoms with Crippen LogP contribution in [0.25, 0.3) is 11.7 Å². The number of thioether (sulfide) groups is 1. The Labute approximate surface area is 219 Å². The SMILES string of the molecule is CC(C)(C)c1ccc(Oc2nc3ccccn3c(=O)c2/C=C2\SC(=S)N(C[C@H]3CCCO3)C2=O)cc1. The molecule has 0 unspecified atom stereocenters. The number of ether oxygens (including phenoxy) is 2. The molecule has 0 aliphatic carbocycles. The van der Waals surface area contributed by atoms with E-state index >= 15 is 0 Å². The Morgan fingerprint density at radius 3 is 2.67 bits per heavy atom. The van der Waals surface area contributed by atoms with Gasteiger partial charge in [0.25, 0.3) is 11.5 Å². The van der Waals surface area contributed by atoms with E-state index in [-0.39, 0.29) is 34.4 Å². The molecule has 2 saturated heterocycles. The lowest BCUT2D eigenvalue weighted by Crippen LogP contribution is -2.35. The number of carbonyl (C=O) groups is 1. The van der Waals surface area contributed by atoms with E-state index in [0.717, 1.165) is 18.4 Å². The maximum Gasteiger partial charge on any atom is 0.269 e. The summed E-state index contributed by atoms with van der Waals surface area (Å²) in [5.74, 6) is 0.452. The van der Waals surface area contributed by atoms with Crippen LogP contribution in [-0.2, 0) is 14.9 Å². The highest BCUT2D eigenvalue weighted by atomic mass is 32.2. The van der Waals surface area contributed by atoms with Gasteiger partial charge in [0.05, 0.1) is 17.6 Å². The largest absolute Gasteiger partial charge is 0.438 e. The zero-order chi connectivity index (χ0) is 25.4. The van der Waals surface area contributed by atoms with Crippen molar-refractivity contribution in [2.45, 2.75) is 45.1 Å². The van der Waals surface area contributed by atoms with Crippen molar-refractivity contribution in [3.05, 3.63) is 75.0 Å². The molecule has 36 heavy (non-hydrogen) atoms. The zero-order valence-electron chi connectivity index (χ0n) is 20.4. The van der Waals surface area contributed by atoms with E-state index < -0.39 is 0 Å². The lowest BCUT2D eigenvalue weighted by Gasteiger charge is -2.19. The number of pyridine rings is 1. The van der Waals surface area contributed by atoms with Crippen LogP contribution in [0.5, 0.6) is 11.6 Å². The minimum atomic E-state index is -0.327. The van der Waals surface area contributed by atoms with Gasteiger partial charge in [-0.1, -0.05) is 63.0 Å². The average molecular weight is 522 g/mol. The van der Waals surface area contributed by atoms with E-state index in [1.54, 1.807) is 35.4 Å². The van der Waals surface area contributed by atoms with Gasteiger partial charge in [-0.2, -0.15) is 4.98 Å². The Kier molecular flexibility index (Phi) is 6.72. The molecule has 2 aromatic heterocycles. The van der Waals surface area contributed by atoms with Crippen molar-refractivity contribution < 1.29 is 14.3 Å². The second-order valence-electron chi connectivity index (χ2n) is 9.87. The van der Waals surface area contributed by atoms with E-state index in [1.165, 1.54) is 16.2 Å². The molecule has 0 saturated carbocycles. The molecule has 2 aliphatic heterocycles. The molecule has 186 valence electrons. The van der Waals surface area contributed by atoms with Crippen LogP contribution in [0, 0.1) is 0 Å². The number of aromatic nitrogens is 2. The van der Waals surface area contributed by atoms with E-state index in [0.29, 0.717) is 33.8 Å². The summed E-state index contributed by atoms with van der Waals surface area (Å²) in [6.45, 7) is 7.54. The van der Waals surface area contributed by atoms with Gasteiger partial charge in [-0.15, -0.1) is 0 Å². The Balaban J connectivity index is 1.52. The number of hydrogen-bond acceptors (Lipinski definition) is 7. The molecule has 1 amide bonds. The highest BCUT2D eigenvalue weighted by Gasteiger charge is 2.35. The van der Waals surface area contributed by atoms with Crippen LogP contribution in [0.2, 0.25) is 0 Å². The lowest BCUT2D eigenvalue weighted by atomic mass is 9.87. The molecule has 0 bridgehead atoms. The van der Waals surface area contributed by atoms with Crippen LogP contribution >= 0.6 is 24.0 Å². The molecular formula is C27H27N3O4S2. The smallest absolute Gasteiger partial charge is 0.269 e. The minimum Gasteiger partial charge on any atom is -0.438 e. The van der Waals surface area contributed by atoms with Gasteiger partial charge in [0.1, 0.15) is 21.3 Å². The topological polar surface area (TPSA) is 73.1 Å². The fraction of sp³-hybridized carbons (Fsp3) is 0.333. The van der Waals surface area contributed by atoms with E-state index in [4.69, 9.17) is 21.7 Å². The van der Waals surface area contributed by atoms with Gasteiger partial charge >= 0.3 is 0 Å². The van der Waals surface area contributed by atoms with E-state index in [2.05, 4.69) is 25.8 Å². The van der Waals surface area contributed by atoms with Gasteiger partial charge in [-0.3, -0.25) is 18.9 Å². The zero-order valence-corrected chi connectivity index (χ0v) is 22.0. The average Bonchev–Trinajstić information content (AvgIpc) is 3.45. The molecule has 1 atom stereocenters. The first-order valence-electron chi connectivity index (χ1n) is 11.9. The van der Waals surface area contributed by atoms with Crippen LogP contribution in [0.15, 0.2) is 58.4 Å². The first kappa shape index (κ1) is 24.7. The summed E-state index contributed by atoms with van der Waals surface area (Å²) in [4.78, 5) is 33.2. The molecule has 0 radical (unpaired) electrons. The van der Waals surface area contributed by atoms with Gasteiger partial charge in [0, 0.05) is 12.8 Å². The molecule has 2 fully saturated rings. The van der Waals surface area contributed by atoms with Crippen molar-refractivity contribution >= 4 is 45.9 Å². The molecule has 1 aromatic carbocycles. The van der Waals surface area contributed by atoms with E-state index in [9.17, 15) is 9.59 Å². The number of thiocarbonyl (C=S) groups is 1. The molecule has 3 aromatic rings. The summed E-state index contributed by atoms with van der Waals surface area (Å²) < 4.78 is 13.7. The number of fused-ring (bicyclic) bond motifs is 1. The first-order chi connectivity index (χ1) is 17.2. The first-order valence-corrected chi connectivity index (χ1v) is 13.1. The van der Waals surface area contributed by atoms with Crippen molar-refractivity contribution in [3.63, 3.8) is 0 Å². The summed E-state index contributed by atoms with van der Waals surface area (Å²) >= 11 is 6.65. The van der Waals surface area contributed by atoms with Crippen LogP contribution in [0.3, 0.4) is 0 Å². The molecule has 5 rings (SSSR count). The van der Waals surface area contributed by atoms with Gasteiger partial charge in [-0.05, 0) is 54.2 Å². The number of benzene rings is 1. The molecule has 7 nitrogen and oxygen atoms in total. The second-order valence-corrected chi connectivity index (χ2v) is 11.5. The summed E-state index contributed by atoms with van der Waals surface area (Å²) in [5.41, 5.74) is 1.48. The Bertz CT molecular complexity index is 1420. The van der Waals surface area contributed by atoms with Crippen LogP contribution in [0.1, 0.15) is 44.7 Å². The van der Waals surface area contributed by atoms with Crippen LogP contribution in [-0.4, -0.2) is 43.8 Å². The van der Waals surface area contributed by atoms with E-state index in [1.807, 2.05) is 24.3 Å². The molecular weight excluding hydrogens is 494 g/mol. The number of rotatable bonds is 5. The molecule has 0 spiro atoms. The predicted molar refractivity (Wildman–Crippen MR) is 146 cm³/mol. The fourth-order valence-electron chi connectivity index (χ4n) is 4.20. The van der Waals surface area contributed by atoms with Crippen LogP contribution in [0.4, 0.5) is 0 Å². The summed E-state index contributed by atoms with van der Waals surface area (Å²) in [7, 11) is 0. The van der Waals surface area contributed by atoms with Crippen molar-refractivity contribution in [1.29, 1.82) is 0 Å². The Hall–Kier alpha value is -3.01. The van der Waals surface area contributed by atoms with Crippen LogP contribution < -0.4 is 10.3 Å². The van der Waals surface area contributed by atoms with Gasteiger partial charge in [-0.25, -0.2) is 0 Å². The van der Waals surface area contributed by atoms with Gasteiger partial charge < -0.3 is 9.47 Å². The molecule has 0 N–H and O–H groups in total. The highest BCUT2D eigenvalue weighted by Crippen LogP contribution is 2.35. The Morgan fingerprint density at radius 1 is 1.19 bits per heavy atom. The minimum absolute atomic E-state index is 0.00201. The third-order valence-electron chi connectivity index (χ3n) is 6.23. The molecule has 4 heterocycles. The number of hydrogen-bond donors (Lipinski definition) is 0.